The SMILES string of the molecule is O=C(C1CCOCC1)N1CCC(N2CC3CC(C2)[C@H]2CCCC(=O)N2C3)CC1. The van der Waals surface area contributed by atoms with E-state index in [1.807, 2.05) is 0 Å². The maximum atomic E-state index is 12.8. The first-order chi connectivity index (χ1) is 13.7. The highest BCUT2D eigenvalue weighted by Gasteiger charge is 2.45. The minimum atomic E-state index is 0.189. The van der Waals surface area contributed by atoms with Crippen LogP contribution in [-0.4, -0.2) is 84.5 Å². The van der Waals surface area contributed by atoms with Crippen molar-refractivity contribution in [1.82, 2.24) is 14.7 Å². The quantitative estimate of drug-likeness (QED) is 0.722. The number of nitrogens with zero attached hydrogens (tertiary/aromatic N) is 3. The van der Waals surface area contributed by atoms with Crippen molar-refractivity contribution in [2.45, 2.75) is 63.5 Å². The summed E-state index contributed by atoms with van der Waals surface area (Å²) in [6.45, 7) is 6.60. The molecule has 0 saturated carbocycles. The van der Waals surface area contributed by atoms with Crippen LogP contribution < -0.4 is 0 Å². The van der Waals surface area contributed by atoms with Crippen molar-refractivity contribution in [3.8, 4) is 0 Å². The Balaban J connectivity index is 1.16. The summed E-state index contributed by atoms with van der Waals surface area (Å²) in [6, 6.07) is 1.12. The fraction of sp³-hybridized carbons (Fsp3) is 0.909. The van der Waals surface area contributed by atoms with Crippen molar-refractivity contribution >= 4 is 11.8 Å². The normalized spacial score (nSPS) is 35.7. The van der Waals surface area contributed by atoms with Crippen LogP contribution in [0.5, 0.6) is 0 Å². The molecule has 5 aliphatic heterocycles. The molecule has 5 saturated heterocycles. The minimum absolute atomic E-state index is 0.189. The Morgan fingerprint density at radius 1 is 0.964 bits per heavy atom. The van der Waals surface area contributed by atoms with E-state index in [0.717, 1.165) is 84.5 Å². The third kappa shape index (κ3) is 3.58. The van der Waals surface area contributed by atoms with E-state index in [1.165, 1.54) is 12.8 Å². The average molecular weight is 390 g/mol. The predicted octanol–water partition coefficient (Wildman–Crippen LogP) is 1.74. The first-order valence-corrected chi connectivity index (χ1v) is 11.6. The van der Waals surface area contributed by atoms with Gasteiger partial charge in [0.2, 0.25) is 11.8 Å². The van der Waals surface area contributed by atoms with Gasteiger partial charge in [0.05, 0.1) is 0 Å². The summed E-state index contributed by atoms with van der Waals surface area (Å²) < 4.78 is 5.41. The number of hydrogen-bond acceptors (Lipinski definition) is 4. The Labute approximate surface area is 168 Å². The molecule has 0 N–H and O–H groups in total. The highest BCUT2D eigenvalue weighted by molar-refractivity contribution is 5.79. The van der Waals surface area contributed by atoms with E-state index in [9.17, 15) is 9.59 Å². The molecule has 0 aromatic carbocycles. The van der Waals surface area contributed by atoms with Gasteiger partial charge in [0.15, 0.2) is 0 Å². The van der Waals surface area contributed by atoms with Crippen molar-refractivity contribution in [2.75, 3.05) is 45.9 Å². The zero-order chi connectivity index (χ0) is 19.1. The zero-order valence-corrected chi connectivity index (χ0v) is 17.1. The lowest BCUT2D eigenvalue weighted by atomic mass is 9.75. The Kier molecular flexibility index (Phi) is 5.35. The first kappa shape index (κ1) is 18.9. The highest BCUT2D eigenvalue weighted by atomic mass is 16.5. The molecular weight excluding hydrogens is 354 g/mol. The van der Waals surface area contributed by atoms with Gasteiger partial charge in [0.1, 0.15) is 0 Å². The van der Waals surface area contributed by atoms with E-state index in [0.29, 0.717) is 35.7 Å². The second kappa shape index (κ2) is 7.94. The number of piperidine rings is 4. The molecule has 2 amide bonds. The van der Waals surface area contributed by atoms with E-state index in [1.54, 1.807) is 0 Å². The number of carbonyl (C=O) groups excluding carboxylic acids is 2. The topological polar surface area (TPSA) is 53.1 Å². The summed E-state index contributed by atoms with van der Waals surface area (Å²) in [5.41, 5.74) is 0. The zero-order valence-electron chi connectivity index (χ0n) is 17.1. The summed E-state index contributed by atoms with van der Waals surface area (Å²) in [5.74, 6) is 2.28. The molecule has 28 heavy (non-hydrogen) atoms. The van der Waals surface area contributed by atoms with Gasteiger partial charge in [-0.1, -0.05) is 0 Å². The predicted molar refractivity (Wildman–Crippen MR) is 106 cm³/mol. The van der Waals surface area contributed by atoms with Crippen molar-refractivity contribution < 1.29 is 14.3 Å². The molecule has 2 bridgehead atoms. The number of ether oxygens (including phenoxy) is 1. The van der Waals surface area contributed by atoms with Crippen LogP contribution in [0.25, 0.3) is 0 Å². The number of hydrogen-bond donors (Lipinski definition) is 0. The maximum absolute atomic E-state index is 12.8. The second-order valence-electron chi connectivity index (χ2n) is 9.76. The molecule has 5 rings (SSSR count). The molecule has 0 aromatic rings. The van der Waals surface area contributed by atoms with E-state index < -0.39 is 0 Å². The Hall–Kier alpha value is -1.14. The molecule has 0 aliphatic carbocycles. The summed E-state index contributed by atoms with van der Waals surface area (Å²) in [7, 11) is 0. The van der Waals surface area contributed by atoms with Gasteiger partial charge in [-0.15, -0.1) is 0 Å². The van der Waals surface area contributed by atoms with Gasteiger partial charge in [-0.2, -0.15) is 0 Å². The Morgan fingerprint density at radius 2 is 1.75 bits per heavy atom. The van der Waals surface area contributed by atoms with E-state index in [2.05, 4.69) is 14.7 Å². The molecule has 5 heterocycles. The van der Waals surface area contributed by atoms with Crippen molar-refractivity contribution in [2.24, 2.45) is 17.8 Å². The lowest BCUT2D eigenvalue weighted by molar-refractivity contribution is -0.146. The molecule has 5 fully saturated rings. The molecule has 6 nitrogen and oxygen atoms in total. The molecule has 156 valence electrons. The highest BCUT2D eigenvalue weighted by Crippen LogP contribution is 2.39. The smallest absolute Gasteiger partial charge is 0.225 e. The van der Waals surface area contributed by atoms with E-state index in [4.69, 9.17) is 4.74 Å². The third-order valence-corrected chi connectivity index (χ3v) is 8.07. The Bertz CT molecular complexity index is 598. The van der Waals surface area contributed by atoms with Gasteiger partial charge in [0.25, 0.3) is 0 Å². The number of carbonyl (C=O) groups is 2. The van der Waals surface area contributed by atoms with Crippen molar-refractivity contribution in [3.63, 3.8) is 0 Å². The van der Waals surface area contributed by atoms with Gasteiger partial charge >= 0.3 is 0 Å². The summed E-state index contributed by atoms with van der Waals surface area (Å²) >= 11 is 0. The van der Waals surface area contributed by atoms with E-state index in [-0.39, 0.29) is 5.92 Å². The standard InChI is InChI=1S/C22H35N3O3/c26-21-3-1-2-20-18-12-16(14-25(20)21)13-24(15-18)19-4-8-23(9-5-19)22(27)17-6-10-28-11-7-17/h16-20H,1-15H2/t16?,18?,20-/m1/s1. The maximum Gasteiger partial charge on any atom is 0.225 e. The van der Waals surface area contributed by atoms with Crippen LogP contribution in [0.2, 0.25) is 0 Å². The lowest BCUT2D eigenvalue weighted by Crippen LogP contribution is -2.62. The van der Waals surface area contributed by atoms with Crippen LogP contribution in [0.15, 0.2) is 0 Å². The first-order valence-electron chi connectivity index (χ1n) is 11.6. The largest absolute Gasteiger partial charge is 0.381 e. The number of likely N-dealkylation sites (tertiary alicyclic amines) is 2. The van der Waals surface area contributed by atoms with E-state index >= 15 is 0 Å². The van der Waals surface area contributed by atoms with Crippen LogP contribution in [0.3, 0.4) is 0 Å². The number of rotatable bonds is 2. The average Bonchev–Trinajstić information content (AvgIpc) is 2.75. The van der Waals surface area contributed by atoms with Crippen LogP contribution >= 0.6 is 0 Å². The van der Waals surface area contributed by atoms with Crippen molar-refractivity contribution in [3.05, 3.63) is 0 Å². The van der Waals surface area contributed by atoms with Crippen LogP contribution in [0, 0.1) is 17.8 Å². The summed E-state index contributed by atoms with van der Waals surface area (Å²) in [5, 5.41) is 0. The molecule has 2 unspecified atom stereocenters. The molecule has 0 aromatic heterocycles. The summed E-state index contributed by atoms with van der Waals surface area (Å²) in [6.07, 6.45) is 8.37. The lowest BCUT2D eigenvalue weighted by Gasteiger charge is -2.54. The molecule has 0 radical (unpaired) electrons. The fourth-order valence-corrected chi connectivity index (χ4v) is 6.60. The molecule has 3 atom stereocenters. The van der Waals surface area contributed by atoms with Crippen LogP contribution in [0.1, 0.15) is 51.4 Å². The molecule has 6 heteroatoms. The van der Waals surface area contributed by atoms with Gasteiger partial charge in [-0.25, -0.2) is 0 Å². The molecule has 0 spiro atoms. The monoisotopic (exact) mass is 389 g/mol. The van der Waals surface area contributed by atoms with Gasteiger partial charge in [-0.05, 0) is 56.8 Å². The fourth-order valence-electron chi connectivity index (χ4n) is 6.60. The second-order valence-corrected chi connectivity index (χ2v) is 9.76. The van der Waals surface area contributed by atoms with Crippen LogP contribution in [-0.2, 0) is 14.3 Å². The Morgan fingerprint density at radius 3 is 2.54 bits per heavy atom. The van der Waals surface area contributed by atoms with Gasteiger partial charge in [0, 0.05) is 70.4 Å². The third-order valence-electron chi connectivity index (χ3n) is 8.07. The molecular formula is C22H35N3O3. The number of fused-ring (bicyclic) bond motifs is 4. The minimum Gasteiger partial charge on any atom is -0.381 e. The molecule has 5 aliphatic rings. The van der Waals surface area contributed by atoms with Gasteiger partial charge in [-0.3, -0.25) is 14.5 Å². The van der Waals surface area contributed by atoms with Gasteiger partial charge < -0.3 is 14.5 Å². The number of amides is 2. The van der Waals surface area contributed by atoms with Crippen LogP contribution in [0.4, 0.5) is 0 Å². The summed E-state index contributed by atoms with van der Waals surface area (Å²) in [4.78, 5) is 32.2. The van der Waals surface area contributed by atoms with Crippen molar-refractivity contribution in [1.29, 1.82) is 0 Å².